The molecule has 0 aliphatic carbocycles. The van der Waals surface area contributed by atoms with Crippen LogP contribution in [0.15, 0.2) is 36.5 Å². The van der Waals surface area contributed by atoms with Crippen LogP contribution in [-0.4, -0.2) is 10.9 Å². The molecule has 0 spiro atoms. The summed E-state index contributed by atoms with van der Waals surface area (Å²) < 4.78 is 0. The van der Waals surface area contributed by atoms with Crippen LogP contribution in [0.3, 0.4) is 0 Å². The Kier molecular flexibility index (Phi) is 3.01. The molecule has 0 aliphatic rings. The molecule has 0 aliphatic heterocycles. The second kappa shape index (κ2) is 4.45. The van der Waals surface area contributed by atoms with Crippen molar-refractivity contribution in [3.63, 3.8) is 0 Å². The predicted molar refractivity (Wildman–Crippen MR) is 64.6 cm³/mol. The average molecular weight is 232 g/mol. The number of thiazole rings is 1. The van der Waals surface area contributed by atoms with Crippen molar-refractivity contribution in [3.05, 3.63) is 52.0 Å². The Morgan fingerprint density at radius 2 is 2.06 bits per heavy atom. The van der Waals surface area contributed by atoms with E-state index in [1.165, 1.54) is 16.9 Å². The van der Waals surface area contributed by atoms with Gasteiger partial charge in [-0.25, -0.2) is 4.98 Å². The fourth-order valence-electron chi connectivity index (χ4n) is 1.49. The summed E-state index contributed by atoms with van der Waals surface area (Å²) in [6, 6.07) is 10.1. The Bertz CT molecular complexity index is 493. The van der Waals surface area contributed by atoms with E-state index in [-0.39, 0.29) is 5.92 Å². The van der Waals surface area contributed by atoms with E-state index in [4.69, 9.17) is 5.73 Å². The fraction of sp³-hybridized carbons (Fsp3) is 0.167. The van der Waals surface area contributed by atoms with Crippen LogP contribution in [0.5, 0.6) is 0 Å². The minimum absolute atomic E-state index is 0.194. The van der Waals surface area contributed by atoms with Gasteiger partial charge in [0.15, 0.2) is 0 Å². The van der Waals surface area contributed by atoms with Crippen LogP contribution in [0.2, 0.25) is 0 Å². The molecule has 0 unspecified atom stereocenters. The van der Waals surface area contributed by atoms with E-state index in [1.807, 2.05) is 18.2 Å². The van der Waals surface area contributed by atoms with Crippen molar-refractivity contribution in [2.24, 2.45) is 5.73 Å². The Hall–Kier alpha value is -1.68. The first-order valence-electron chi connectivity index (χ1n) is 4.99. The molecule has 3 nitrogen and oxygen atoms in total. The van der Waals surface area contributed by atoms with Crippen LogP contribution < -0.4 is 5.73 Å². The van der Waals surface area contributed by atoms with Crippen molar-refractivity contribution in [2.45, 2.75) is 12.8 Å². The lowest BCUT2D eigenvalue weighted by Gasteiger charge is -2.07. The second-order valence-corrected chi connectivity index (χ2v) is 4.62. The highest BCUT2D eigenvalue weighted by Gasteiger charge is 2.14. The third kappa shape index (κ3) is 2.12. The summed E-state index contributed by atoms with van der Waals surface area (Å²) in [5.74, 6) is -0.219. The average Bonchev–Trinajstić information content (AvgIpc) is 2.78. The van der Waals surface area contributed by atoms with E-state index in [2.05, 4.69) is 24.0 Å². The maximum atomic E-state index is 11.0. The van der Waals surface area contributed by atoms with Gasteiger partial charge in [-0.1, -0.05) is 37.3 Å². The summed E-state index contributed by atoms with van der Waals surface area (Å²) in [4.78, 5) is 15.7. The minimum Gasteiger partial charge on any atom is -0.365 e. The molecule has 0 bridgehead atoms. The number of nitrogens with zero attached hydrogens (tertiary/aromatic N) is 1. The number of rotatable bonds is 3. The summed E-state index contributed by atoms with van der Waals surface area (Å²) >= 11 is 1.36. The van der Waals surface area contributed by atoms with Crippen LogP contribution >= 0.6 is 11.3 Å². The Labute approximate surface area is 97.9 Å². The van der Waals surface area contributed by atoms with Crippen LogP contribution in [0.25, 0.3) is 0 Å². The van der Waals surface area contributed by atoms with E-state index in [1.54, 1.807) is 6.20 Å². The molecule has 0 fully saturated rings. The number of amides is 1. The van der Waals surface area contributed by atoms with Crippen LogP contribution in [-0.2, 0) is 0 Å². The third-order valence-corrected chi connectivity index (χ3v) is 3.63. The van der Waals surface area contributed by atoms with Crippen molar-refractivity contribution in [1.29, 1.82) is 0 Å². The van der Waals surface area contributed by atoms with Gasteiger partial charge in [0.2, 0.25) is 0 Å². The Balaban J connectivity index is 2.27. The highest BCUT2D eigenvalue weighted by atomic mass is 32.1. The smallest absolute Gasteiger partial charge is 0.260 e. The highest BCUT2D eigenvalue weighted by molar-refractivity contribution is 7.13. The van der Waals surface area contributed by atoms with Gasteiger partial charge in [-0.3, -0.25) is 4.79 Å². The summed E-state index contributed by atoms with van der Waals surface area (Å²) in [5.41, 5.74) is 6.39. The molecule has 1 aromatic carbocycles. The molecule has 1 heterocycles. The SMILES string of the molecule is C[C@H](c1ccccc1)c1ncc(C(N)=O)s1. The maximum Gasteiger partial charge on any atom is 0.260 e. The maximum absolute atomic E-state index is 11.0. The second-order valence-electron chi connectivity index (χ2n) is 3.56. The van der Waals surface area contributed by atoms with Crippen LogP contribution in [0.1, 0.15) is 33.1 Å². The first kappa shape index (κ1) is 10.8. The number of nitrogens with two attached hydrogens (primary N) is 1. The number of hydrogen-bond donors (Lipinski definition) is 1. The van der Waals surface area contributed by atoms with Crippen molar-refractivity contribution >= 4 is 17.2 Å². The predicted octanol–water partition coefficient (Wildman–Crippen LogP) is 2.39. The zero-order valence-electron chi connectivity index (χ0n) is 8.88. The molecule has 2 aromatic rings. The Morgan fingerprint density at radius 3 is 2.62 bits per heavy atom. The lowest BCUT2D eigenvalue weighted by Crippen LogP contribution is -2.08. The van der Waals surface area contributed by atoms with E-state index >= 15 is 0 Å². The van der Waals surface area contributed by atoms with Gasteiger partial charge in [0.25, 0.3) is 5.91 Å². The van der Waals surface area contributed by atoms with E-state index in [0.29, 0.717) is 4.88 Å². The van der Waals surface area contributed by atoms with Gasteiger partial charge in [-0.05, 0) is 5.56 Å². The molecule has 4 heteroatoms. The van der Waals surface area contributed by atoms with Crippen LogP contribution in [0.4, 0.5) is 0 Å². The molecule has 2 rings (SSSR count). The standard InChI is InChI=1S/C12H12N2OS/c1-8(9-5-3-2-4-6-9)12-14-7-10(16-12)11(13)15/h2-8H,1H3,(H2,13,15)/t8-/m1/s1. The Morgan fingerprint density at radius 1 is 1.38 bits per heavy atom. The summed E-state index contributed by atoms with van der Waals surface area (Å²) in [6.45, 7) is 2.07. The number of primary amides is 1. The molecular weight excluding hydrogens is 220 g/mol. The minimum atomic E-state index is -0.413. The van der Waals surface area contributed by atoms with Gasteiger partial charge in [0.1, 0.15) is 9.88 Å². The van der Waals surface area contributed by atoms with Gasteiger partial charge in [0, 0.05) is 5.92 Å². The lowest BCUT2D eigenvalue weighted by atomic mass is 10.0. The highest BCUT2D eigenvalue weighted by Crippen LogP contribution is 2.27. The van der Waals surface area contributed by atoms with Gasteiger partial charge in [-0.2, -0.15) is 0 Å². The van der Waals surface area contributed by atoms with Crippen molar-refractivity contribution in [1.82, 2.24) is 4.98 Å². The topological polar surface area (TPSA) is 56.0 Å². The van der Waals surface area contributed by atoms with Gasteiger partial charge in [0.05, 0.1) is 6.20 Å². The number of aromatic nitrogens is 1. The van der Waals surface area contributed by atoms with E-state index in [0.717, 1.165) is 5.01 Å². The lowest BCUT2D eigenvalue weighted by molar-refractivity contribution is 0.100. The largest absolute Gasteiger partial charge is 0.365 e. The summed E-state index contributed by atoms with van der Waals surface area (Å²) in [5, 5.41) is 0.917. The van der Waals surface area contributed by atoms with Gasteiger partial charge >= 0.3 is 0 Å². The number of hydrogen-bond acceptors (Lipinski definition) is 3. The fourth-order valence-corrected chi connectivity index (χ4v) is 2.34. The van der Waals surface area contributed by atoms with Crippen molar-refractivity contribution < 1.29 is 4.79 Å². The molecule has 82 valence electrons. The number of carbonyl (C=O) groups is 1. The van der Waals surface area contributed by atoms with Crippen LogP contribution in [0, 0.1) is 0 Å². The van der Waals surface area contributed by atoms with Crippen molar-refractivity contribution in [3.8, 4) is 0 Å². The molecule has 0 radical (unpaired) electrons. The van der Waals surface area contributed by atoms with E-state index in [9.17, 15) is 4.79 Å². The quantitative estimate of drug-likeness (QED) is 0.883. The molecule has 1 atom stereocenters. The first-order chi connectivity index (χ1) is 7.68. The normalized spacial score (nSPS) is 12.3. The number of benzene rings is 1. The van der Waals surface area contributed by atoms with E-state index < -0.39 is 5.91 Å². The molecule has 0 saturated heterocycles. The zero-order chi connectivity index (χ0) is 11.5. The van der Waals surface area contributed by atoms with Gasteiger partial charge < -0.3 is 5.73 Å². The zero-order valence-corrected chi connectivity index (χ0v) is 9.70. The monoisotopic (exact) mass is 232 g/mol. The molecular formula is C12H12N2OS. The molecule has 2 N–H and O–H groups in total. The number of carbonyl (C=O) groups excluding carboxylic acids is 1. The summed E-state index contributed by atoms with van der Waals surface area (Å²) in [7, 11) is 0. The molecule has 16 heavy (non-hydrogen) atoms. The molecule has 0 saturated carbocycles. The van der Waals surface area contributed by atoms with Crippen molar-refractivity contribution in [2.75, 3.05) is 0 Å². The third-order valence-electron chi connectivity index (χ3n) is 2.44. The molecule has 1 amide bonds. The summed E-state index contributed by atoms with van der Waals surface area (Å²) in [6.07, 6.45) is 1.54. The first-order valence-corrected chi connectivity index (χ1v) is 5.80. The molecule has 1 aromatic heterocycles. The van der Waals surface area contributed by atoms with Gasteiger partial charge in [-0.15, -0.1) is 11.3 Å².